The zero-order valence-corrected chi connectivity index (χ0v) is 9.50. The topological polar surface area (TPSA) is 165 Å². The molecule has 0 rings (SSSR count). The van der Waals surface area contributed by atoms with Crippen LogP contribution in [0.3, 0.4) is 0 Å². The first-order valence-electron chi connectivity index (χ1n) is 4.98. The maximum absolute atomic E-state index is 11.0. The third-order valence-electron chi connectivity index (χ3n) is 2.07. The fraction of sp³-hybridized carbons (Fsp3) is 0.778. The van der Waals surface area contributed by atoms with Gasteiger partial charge in [-0.25, -0.2) is 9.59 Å². The second kappa shape index (κ2) is 7.24. The summed E-state index contributed by atoms with van der Waals surface area (Å²) in [6, 6.07) is 0. The van der Waals surface area contributed by atoms with Crippen LogP contribution in [0.2, 0.25) is 0 Å². The first-order valence-corrected chi connectivity index (χ1v) is 4.98. The maximum atomic E-state index is 11.0. The molecule has 0 fully saturated rings. The molecule has 0 aliphatic heterocycles. The lowest BCUT2D eigenvalue weighted by atomic mass is 10.0. The molecule has 0 aliphatic rings. The number of aliphatic hydroxyl groups is 5. The van der Waals surface area contributed by atoms with E-state index in [1.807, 2.05) is 0 Å². The van der Waals surface area contributed by atoms with Gasteiger partial charge in [0.05, 0.1) is 6.61 Å². The number of carbonyl (C=O) groups excluding carboxylic acids is 1. The van der Waals surface area contributed by atoms with E-state index in [9.17, 15) is 19.8 Å². The second-order valence-electron chi connectivity index (χ2n) is 3.60. The van der Waals surface area contributed by atoms with Gasteiger partial charge < -0.3 is 35.4 Å². The highest BCUT2D eigenvalue weighted by molar-refractivity contribution is 5.80. The summed E-state index contributed by atoms with van der Waals surface area (Å²) in [4.78, 5) is 21.7. The molecule has 1 unspecified atom stereocenters. The van der Waals surface area contributed by atoms with Crippen molar-refractivity contribution in [3.05, 3.63) is 0 Å². The van der Waals surface area contributed by atoms with Gasteiger partial charge in [0.1, 0.15) is 24.4 Å². The van der Waals surface area contributed by atoms with Gasteiger partial charge in [0.15, 0.2) is 0 Å². The highest BCUT2D eigenvalue weighted by Crippen LogP contribution is 2.10. The Bertz CT molecular complexity index is 290. The molecule has 6 N–H and O–H groups in total. The summed E-state index contributed by atoms with van der Waals surface area (Å²) in [7, 11) is 0. The average molecular weight is 268 g/mol. The summed E-state index contributed by atoms with van der Waals surface area (Å²) in [5.74, 6) is -3.09. The molecule has 0 saturated heterocycles. The third kappa shape index (κ3) is 4.55. The van der Waals surface area contributed by atoms with E-state index in [1.165, 1.54) is 0 Å². The molecule has 0 heterocycles. The Hall–Kier alpha value is -1.26. The lowest BCUT2D eigenvalue weighted by molar-refractivity contribution is -0.186. The van der Waals surface area contributed by atoms with Crippen LogP contribution in [0.5, 0.6) is 0 Å². The van der Waals surface area contributed by atoms with Crippen LogP contribution in [0, 0.1) is 0 Å². The van der Waals surface area contributed by atoms with Crippen molar-refractivity contribution >= 4 is 11.9 Å². The summed E-state index contributed by atoms with van der Waals surface area (Å²) in [5.41, 5.74) is 0. The van der Waals surface area contributed by atoms with Crippen LogP contribution in [0.4, 0.5) is 0 Å². The van der Waals surface area contributed by atoms with Crippen LogP contribution < -0.4 is 0 Å². The number of hydrogen-bond acceptors (Lipinski definition) is 8. The highest BCUT2D eigenvalue weighted by Gasteiger charge is 2.38. The number of carbonyl (C=O) groups is 2. The number of aliphatic carboxylic acids is 1. The lowest BCUT2D eigenvalue weighted by Gasteiger charge is -2.26. The van der Waals surface area contributed by atoms with Crippen LogP contribution in [-0.2, 0) is 14.3 Å². The number of ether oxygens (including phenoxy) is 1. The molecule has 0 aromatic rings. The van der Waals surface area contributed by atoms with Crippen LogP contribution in [0.25, 0.3) is 0 Å². The molecule has 0 bridgehead atoms. The quantitative estimate of drug-likeness (QED) is 0.256. The smallest absolute Gasteiger partial charge is 0.347 e. The molecular weight excluding hydrogens is 252 g/mol. The second-order valence-corrected chi connectivity index (χ2v) is 3.60. The predicted molar refractivity (Wildman–Crippen MR) is 54.3 cm³/mol. The van der Waals surface area contributed by atoms with Crippen LogP contribution in [-0.4, -0.2) is 79.7 Å². The van der Waals surface area contributed by atoms with Crippen molar-refractivity contribution in [2.45, 2.75) is 37.4 Å². The Morgan fingerprint density at radius 3 is 1.94 bits per heavy atom. The first kappa shape index (κ1) is 16.7. The van der Waals surface area contributed by atoms with E-state index in [0.29, 0.717) is 0 Å². The molecule has 0 spiro atoms. The first-order chi connectivity index (χ1) is 8.22. The molecule has 0 radical (unpaired) electrons. The molecule has 0 aromatic heterocycles. The predicted octanol–water partition coefficient (Wildman–Crippen LogP) is -3.56. The van der Waals surface area contributed by atoms with Gasteiger partial charge in [-0.1, -0.05) is 0 Å². The van der Waals surface area contributed by atoms with E-state index in [4.69, 9.17) is 20.4 Å². The minimum atomic E-state index is -2.18. The summed E-state index contributed by atoms with van der Waals surface area (Å²) in [6.07, 6.45) is -9.78. The Balaban J connectivity index is 4.79. The number of aliphatic hydroxyl groups excluding tert-OH is 5. The molecule has 9 heteroatoms. The van der Waals surface area contributed by atoms with E-state index in [2.05, 4.69) is 4.74 Å². The van der Waals surface area contributed by atoms with Crippen molar-refractivity contribution < 1.29 is 45.0 Å². The molecular formula is C9H16O9. The normalized spacial score (nSPS) is 19.4. The van der Waals surface area contributed by atoms with Crippen LogP contribution in [0.1, 0.15) is 6.92 Å². The van der Waals surface area contributed by atoms with Gasteiger partial charge >= 0.3 is 11.9 Å². The highest BCUT2D eigenvalue weighted by atomic mass is 16.6. The van der Waals surface area contributed by atoms with E-state index >= 15 is 0 Å². The molecule has 106 valence electrons. The summed E-state index contributed by atoms with van der Waals surface area (Å²) in [5, 5.41) is 53.8. The zero-order chi connectivity index (χ0) is 14.5. The van der Waals surface area contributed by atoms with Gasteiger partial charge in [-0.05, 0) is 6.92 Å². The van der Waals surface area contributed by atoms with Crippen molar-refractivity contribution in [1.82, 2.24) is 0 Å². The van der Waals surface area contributed by atoms with Gasteiger partial charge in [-0.3, -0.25) is 0 Å². The number of rotatable bonds is 7. The molecule has 0 amide bonds. The van der Waals surface area contributed by atoms with Crippen LogP contribution in [0.15, 0.2) is 0 Å². The van der Waals surface area contributed by atoms with Crippen molar-refractivity contribution in [2.24, 2.45) is 0 Å². The Morgan fingerprint density at radius 1 is 1.11 bits per heavy atom. The van der Waals surface area contributed by atoms with E-state index < -0.39 is 49.1 Å². The molecule has 0 aromatic carbocycles. The molecule has 0 aliphatic carbocycles. The Kier molecular flexibility index (Phi) is 6.73. The number of carboxylic acids is 1. The molecule has 5 atom stereocenters. The SMILES string of the molecule is CC(O)C(=O)O[C@@H](C(=O)O)[C@@H](O)[C@H](O)[C@H](O)CO. The van der Waals surface area contributed by atoms with Crippen molar-refractivity contribution in [3.8, 4) is 0 Å². The Labute approximate surface area is 102 Å². The number of esters is 1. The van der Waals surface area contributed by atoms with Gasteiger partial charge in [0.2, 0.25) is 6.10 Å². The molecule has 9 nitrogen and oxygen atoms in total. The van der Waals surface area contributed by atoms with E-state index in [1.54, 1.807) is 0 Å². The van der Waals surface area contributed by atoms with Gasteiger partial charge in [0.25, 0.3) is 0 Å². The van der Waals surface area contributed by atoms with Gasteiger partial charge in [-0.15, -0.1) is 0 Å². The number of carboxylic acid groups (broad SMARTS) is 1. The standard InChI is InChI=1S/C9H16O9/c1-3(11)9(17)18-7(8(15)16)6(14)5(13)4(12)2-10/h3-7,10-14H,2H2,1H3,(H,15,16)/t3?,4-,5-,6+,7-/m1/s1. The summed E-state index contributed by atoms with van der Waals surface area (Å²) >= 11 is 0. The molecule has 18 heavy (non-hydrogen) atoms. The third-order valence-corrected chi connectivity index (χ3v) is 2.07. The number of hydrogen-bond donors (Lipinski definition) is 6. The maximum Gasteiger partial charge on any atom is 0.347 e. The van der Waals surface area contributed by atoms with Crippen molar-refractivity contribution in [3.63, 3.8) is 0 Å². The van der Waals surface area contributed by atoms with E-state index in [0.717, 1.165) is 6.92 Å². The summed E-state index contributed by atoms with van der Waals surface area (Å²) < 4.78 is 4.26. The van der Waals surface area contributed by atoms with Gasteiger partial charge in [-0.2, -0.15) is 0 Å². The lowest BCUT2D eigenvalue weighted by Crippen LogP contribution is -2.51. The fourth-order valence-corrected chi connectivity index (χ4v) is 1.00. The Morgan fingerprint density at radius 2 is 1.61 bits per heavy atom. The zero-order valence-electron chi connectivity index (χ0n) is 9.50. The monoisotopic (exact) mass is 268 g/mol. The minimum absolute atomic E-state index is 0.922. The average Bonchev–Trinajstić information content (AvgIpc) is 2.32. The van der Waals surface area contributed by atoms with E-state index in [-0.39, 0.29) is 0 Å². The summed E-state index contributed by atoms with van der Waals surface area (Å²) in [6.45, 7) is 0.0987. The van der Waals surface area contributed by atoms with Crippen LogP contribution >= 0.6 is 0 Å². The van der Waals surface area contributed by atoms with Crippen molar-refractivity contribution in [1.29, 1.82) is 0 Å². The van der Waals surface area contributed by atoms with Crippen molar-refractivity contribution in [2.75, 3.05) is 6.61 Å². The van der Waals surface area contributed by atoms with Gasteiger partial charge in [0, 0.05) is 0 Å². The fourth-order valence-electron chi connectivity index (χ4n) is 1.00. The largest absolute Gasteiger partial charge is 0.478 e. The molecule has 0 saturated carbocycles. The minimum Gasteiger partial charge on any atom is -0.478 e.